The third-order valence-electron chi connectivity index (χ3n) is 2.58. The van der Waals surface area contributed by atoms with E-state index in [0.29, 0.717) is 17.7 Å². The number of carbonyl (C=O) groups excluding carboxylic acids is 1. The van der Waals surface area contributed by atoms with Crippen LogP contribution in [-0.4, -0.2) is 30.2 Å². The molecule has 6 nitrogen and oxygen atoms in total. The average Bonchev–Trinajstić information content (AvgIpc) is 2.42. The lowest BCUT2D eigenvalue weighted by Crippen LogP contribution is -2.33. The fourth-order valence-corrected chi connectivity index (χ4v) is 1.60. The van der Waals surface area contributed by atoms with Crippen LogP contribution in [0.2, 0.25) is 0 Å². The van der Waals surface area contributed by atoms with Gasteiger partial charge in [0.1, 0.15) is 0 Å². The summed E-state index contributed by atoms with van der Waals surface area (Å²) in [5.41, 5.74) is 5.73. The van der Waals surface area contributed by atoms with E-state index in [9.17, 15) is 9.59 Å². The van der Waals surface area contributed by atoms with Gasteiger partial charge in [-0.05, 0) is 18.6 Å². The molecule has 0 aliphatic rings. The number of methoxy groups -OCH3 is 1. The number of aliphatic carboxylic acids is 1. The number of para-hydroxylation sites is 1. The van der Waals surface area contributed by atoms with E-state index in [2.05, 4.69) is 0 Å². The molecule has 20 heavy (non-hydrogen) atoms. The van der Waals surface area contributed by atoms with Gasteiger partial charge in [-0.15, -0.1) is 0 Å². The Hall–Kier alpha value is -2.50. The number of hydrogen-bond acceptors (Lipinski definition) is 4. The Labute approximate surface area is 116 Å². The van der Waals surface area contributed by atoms with Crippen molar-refractivity contribution < 1.29 is 24.2 Å². The first-order valence-electron chi connectivity index (χ1n) is 6.03. The zero-order valence-corrected chi connectivity index (χ0v) is 11.3. The van der Waals surface area contributed by atoms with E-state index in [4.69, 9.17) is 20.3 Å². The minimum atomic E-state index is -1.08. The highest BCUT2D eigenvalue weighted by atomic mass is 16.5. The maximum atomic E-state index is 11.3. The zero-order valence-electron chi connectivity index (χ0n) is 11.3. The van der Waals surface area contributed by atoms with Crippen molar-refractivity contribution in [2.75, 3.05) is 7.11 Å². The lowest BCUT2D eigenvalue weighted by atomic mass is 10.1. The van der Waals surface area contributed by atoms with Crippen LogP contribution < -0.4 is 15.2 Å². The van der Waals surface area contributed by atoms with Crippen LogP contribution in [-0.2, 0) is 9.59 Å². The van der Waals surface area contributed by atoms with Crippen molar-refractivity contribution in [3.63, 3.8) is 0 Å². The van der Waals surface area contributed by atoms with Gasteiger partial charge in [-0.25, -0.2) is 4.79 Å². The summed E-state index contributed by atoms with van der Waals surface area (Å²) < 4.78 is 10.7. The molecule has 0 bridgehead atoms. The van der Waals surface area contributed by atoms with Crippen LogP contribution in [0.25, 0.3) is 6.08 Å². The van der Waals surface area contributed by atoms with E-state index >= 15 is 0 Å². The maximum absolute atomic E-state index is 11.3. The highest BCUT2D eigenvalue weighted by Gasteiger charge is 2.19. The van der Waals surface area contributed by atoms with Crippen molar-refractivity contribution in [2.45, 2.75) is 19.4 Å². The van der Waals surface area contributed by atoms with Gasteiger partial charge >= 0.3 is 5.97 Å². The first kappa shape index (κ1) is 15.6. The Kier molecular flexibility index (Phi) is 5.58. The van der Waals surface area contributed by atoms with Crippen molar-refractivity contribution >= 4 is 18.0 Å². The Morgan fingerprint density at radius 3 is 2.65 bits per heavy atom. The highest BCUT2D eigenvalue weighted by Crippen LogP contribution is 2.33. The molecular weight excluding hydrogens is 262 g/mol. The van der Waals surface area contributed by atoms with Gasteiger partial charge < -0.3 is 20.3 Å². The summed E-state index contributed by atoms with van der Waals surface area (Å²) in [5, 5.41) is 8.68. The fraction of sp³-hybridized carbons (Fsp3) is 0.286. The number of amides is 1. The van der Waals surface area contributed by atoms with Crippen LogP contribution in [0.1, 0.15) is 18.9 Å². The predicted molar refractivity (Wildman–Crippen MR) is 73.6 cm³/mol. The molecular formula is C14H17NO5. The first-order chi connectivity index (χ1) is 9.49. The van der Waals surface area contributed by atoms with E-state index < -0.39 is 18.0 Å². The molecule has 1 aromatic carbocycles. The molecule has 0 saturated heterocycles. The Balaban J connectivity index is 3.19. The second kappa shape index (κ2) is 7.18. The van der Waals surface area contributed by atoms with Gasteiger partial charge in [-0.2, -0.15) is 0 Å². The Morgan fingerprint density at radius 1 is 1.45 bits per heavy atom. The summed E-state index contributed by atoms with van der Waals surface area (Å²) in [6.07, 6.45) is 1.94. The summed E-state index contributed by atoms with van der Waals surface area (Å²) in [6.45, 7) is 1.76. The molecule has 0 heterocycles. The number of ether oxygens (including phenoxy) is 2. The monoisotopic (exact) mass is 279 g/mol. The number of hydrogen-bond donors (Lipinski definition) is 2. The van der Waals surface area contributed by atoms with E-state index in [-0.39, 0.29) is 5.75 Å². The van der Waals surface area contributed by atoms with Gasteiger partial charge in [0.05, 0.1) is 7.11 Å². The van der Waals surface area contributed by atoms with Crippen LogP contribution in [0.3, 0.4) is 0 Å². The van der Waals surface area contributed by atoms with Crippen molar-refractivity contribution in [2.24, 2.45) is 5.73 Å². The SMILES string of the molecule is CCC(Oc1c(C=CC(=O)O)cccc1OC)C(N)=O. The average molecular weight is 279 g/mol. The molecule has 6 heteroatoms. The molecule has 1 aromatic rings. The van der Waals surface area contributed by atoms with Crippen LogP contribution in [0.5, 0.6) is 11.5 Å². The van der Waals surface area contributed by atoms with Gasteiger partial charge in [-0.3, -0.25) is 4.79 Å². The molecule has 0 radical (unpaired) electrons. The predicted octanol–water partition coefficient (Wildman–Crippen LogP) is 1.44. The van der Waals surface area contributed by atoms with Gasteiger partial charge in [0, 0.05) is 11.6 Å². The summed E-state index contributed by atoms with van der Waals surface area (Å²) in [4.78, 5) is 21.8. The van der Waals surface area contributed by atoms with Crippen molar-refractivity contribution in [3.8, 4) is 11.5 Å². The number of nitrogens with two attached hydrogens (primary N) is 1. The summed E-state index contributed by atoms with van der Waals surface area (Å²) >= 11 is 0. The van der Waals surface area contributed by atoms with E-state index in [1.165, 1.54) is 13.2 Å². The molecule has 3 N–H and O–H groups in total. The van der Waals surface area contributed by atoms with Crippen LogP contribution in [0.4, 0.5) is 0 Å². The number of carboxylic acids is 1. The zero-order chi connectivity index (χ0) is 15.1. The lowest BCUT2D eigenvalue weighted by molar-refractivity contribution is -0.131. The molecule has 1 rings (SSSR count). The Bertz CT molecular complexity index is 524. The van der Waals surface area contributed by atoms with Crippen molar-refractivity contribution in [1.29, 1.82) is 0 Å². The van der Waals surface area contributed by atoms with Crippen molar-refractivity contribution in [1.82, 2.24) is 0 Å². The molecule has 0 aromatic heterocycles. The quantitative estimate of drug-likeness (QED) is 0.736. The highest BCUT2D eigenvalue weighted by molar-refractivity contribution is 5.86. The summed E-state index contributed by atoms with van der Waals surface area (Å²) in [5.74, 6) is -0.984. The molecule has 1 unspecified atom stereocenters. The standard InChI is InChI=1S/C14H17NO5/c1-3-10(14(15)18)20-13-9(7-8-12(16)17)5-4-6-11(13)19-2/h4-8,10H,3H2,1-2H3,(H2,15,18)(H,16,17). The van der Waals surface area contributed by atoms with Gasteiger partial charge in [0.25, 0.3) is 5.91 Å². The maximum Gasteiger partial charge on any atom is 0.328 e. The number of carboxylic acid groups (broad SMARTS) is 1. The van der Waals surface area contributed by atoms with Gasteiger partial charge in [0.15, 0.2) is 17.6 Å². The first-order valence-corrected chi connectivity index (χ1v) is 6.03. The van der Waals surface area contributed by atoms with E-state index in [1.807, 2.05) is 0 Å². The molecule has 1 atom stereocenters. The summed E-state index contributed by atoms with van der Waals surface area (Å²) in [7, 11) is 1.46. The smallest absolute Gasteiger partial charge is 0.328 e. The summed E-state index contributed by atoms with van der Waals surface area (Å²) in [6, 6.07) is 5.00. The van der Waals surface area contributed by atoms with Gasteiger partial charge in [-0.1, -0.05) is 19.1 Å². The van der Waals surface area contributed by atoms with Crippen LogP contribution in [0, 0.1) is 0 Å². The largest absolute Gasteiger partial charge is 0.493 e. The molecule has 1 amide bonds. The van der Waals surface area contributed by atoms with Crippen LogP contribution >= 0.6 is 0 Å². The molecule has 0 saturated carbocycles. The van der Waals surface area contributed by atoms with E-state index in [0.717, 1.165) is 6.08 Å². The minimum absolute atomic E-state index is 0.290. The van der Waals surface area contributed by atoms with Crippen LogP contribution in [0.15, 0.2) is 24.3 Å². The normalized spacial score (nSPS) is 12.1. The molecule has 108 valence electrons. The topological polar surface area (TPSA) is 98.8 Å². The van der Waals surface area contributed by atoms with Gasteiger partial charge in [0.2, 0.25) is 0 Å². The second-order valence-corrected chi connectivity index (χ2v) is 3.97. The molecule has 0 fully saturated rings. The third kappa shape index (κ3) is 4.01. The molecule has 0 aliphatic carbocycles. The Morgan fingerprint density at radius 2 is 2.15 bits per heavy atom. The van der Waals surface area contributed by atoms with Crippen molar-refractivity contribution in [3.05, 3.63) is 29.8 Å². The number of rotatable bonds is 7. The number of carbonyl (C=O) groups is 2. The molecule has 0 aliphatic heterocycles. The number of primary amides is 1. The lowest BCUT2D eigenvalue weighted by Gasteiger charge is -2.18. The van der Waals surface area contributed by atoms with E-state index in [1.54, 1.807) is 25.1 Å². The minimum Gasteiger partial charge on any atom is -0.493 e. The third-order valence-corrected chi connectivity index (χ3v) is 2.58. The molecule has 0 spiro atoms. The fourth-order valence-electron chi connectivity index (χ4n) is 1.60. The number of benzene rings is 1. The second-order valence-electron chi connectivity index (χ2n) is 3.97.